The lowest BCUT2D eigenvalue weighted by atomic mass is 9.88. The van der Waals surface area contributed by atoms with E-state index in [0.29, 0.717) is 38.0 Å². The first-order valence-corrected chi connectivity index (χ1v) is 26.4. The number of anilines is 1. The maximum atomic E-state index is 13.8. The second-order valence-corrected chi connectivity index (χ2v) is 20.2. The van der Waals surface area contributed by atoms with Crippen LogP contribution in [-0.4, -0.2) is 103 Å². The molecule has 1 aromatic heterocycles. The number of aliphatic hydroxyl groups is 3. The van der Waals surface area contributed by atoms with Crippen molar-refractivity contribution in [1.29, 1.82) is 0 Å². The van der Waals surface area contributed by atoms with Crippen LogP contribution in [0.1, 0.15) is 136 Å². The standard InChI is InChI=1S/C45H73N3O17P2/c1-4-6-13-20-34(49)24-25-36-37(50)26-23-33-19-15-11-12-16-21-40(51)60-29-35(63-41(52)22-17-10-8-7-9-14-18-32(3)5-2)30-61-66(56,57)65-67(58,59)62-31-38(43(54)42(36)53)64-44(33)48-28-27-39(46)47-45(48)55/h11,15,23-28,32-36,38,42-44,49,53-54H,4-10,12-14,16-22,29-31H2,1-3H3,(H,56,57)(H,58,59)(H2,46,47,55)/b15-11-,25-24?,26-23-/t32?,33-,34-,35+,36-,38+,42-,43+,44+/m0/s1. The molecule has 380 valence electrons. The van der Waals surface area contributed by atoms with Gasteiger partial charge in [0.1, 0.15) is 30.9 Å². The van der Waals surface area contributed by atoms with E-state index in [-0.39, 0.29) is 25.1 Å². The molecule has 0 spiro atoms. The van der Waals surface area contributed by atoms with Crippen molar-refractivity contribution in [2.24, 2.45) is 17.8 Å². The summed E-state index contributed by atoms with van der Waals surface area (Å²) in [4.78, 5) is 77.6. The number of phosphoric ester groups is 2. The molecular weight excluding hydrogens is 916 g/mol. The highest BCUT2D eigenvalue weighted by molar-refractivity contribution is 7.61. The quantitative estimate of drug-likeness (QED) is 0.0407. The van der Waals surface area contributed by atoms with Crippen LogP contribution in [0, 0.1) is 17.8 Å². The van der Waals surface area contributed by atoms with Crippen LogP contribution >= 0.6 is 15.6 Å². The minimum Gasteiger partial charge on any atom is -0.462 e. The highest BCUT2D eigenvalue weighted by Gasteiger charge is 2.42. The molecule has 0 aromatic carbocycles. The fraction of sp³-hybridized carbons (Fsp3) is 0.711. The van der Waals surface area contributed by atoms with Crippen LogP contribution in [-0.2, 0) is 51.1 Å². The Balaban J connectivity index is 1.91. The SMILES string of the molecule is CCCCC[C@H](O)C=C[C@H]1C(=O)/C=C\[C@@H]2C/C=C\CCCC(=O)OC[C@@H](OC(=O)CCCCCCCCC(C)CC)COP(=O)(O)OP(=O)(O)OC[C@@H](O[C@H]2n2ccc(N)nc2=O)[C@@H](O)[C@H]1O. The zero-order valence-corrected chi connectivity index (χ0v) is 40.7. The third kappa shape index (κ3) is 22.3. The van der Waals surface area contributed by atoms with Crippen molar-refractivity contribution in [3.8, 4) is 0 Å². The van der Waals surface area contributed by atoms with E-state index in [9.17, 15) is 53.4 Å². The number of carbonyl (C=O) groups excluding carboxylic acids is 3. The van der Waals surface area contributed by atoms with Crippen LogP contribution in [0.5, 0.6) is 0 Å². The second kappa shape index (κ2) is 30.3. The van der Waals surface area contributed by atoms with Crippen LogP contribution in [0.15, 0.2) is 53.5 Å². The number of aliphatic hydroxyl groups excluding tert-OH is 3. The average Bonchev–Trinajstić information content (AvgIpc) is 3.27. The molecule has 67 heavy (non-hydrogen) atoms. The summed E-state index contributed by atoms with van der Waals surface area (Å²) < 4.78 is 58.9. The molecule has 2 aliphatic rings. The van der Waals surface area contributed by atoms with Crippen molar-refractivity contribution in [3.05, 3.63) is 59.2 Å². The van der Waals surface area contributed by atoms with Gasteiger partial charge < -0.3 is 45.1 Å². The molecule has 0 aliphatic carbocycles. The Morgan fingerprint density at radius 3 is 2.34 bits per heavy atom. The zero-order valence-electron chi connectivity index (χ0n) is 39.0. The van der Waals surface area contributed by atoms with Crippen LogP contribution in [0.3, 0.4) is 0 Å². The average molecular weight is 990 g/mol. The van der Waals surface area contributed by atoms with E-state index in [0.717, 1.165) is 62.0 Å². The maximum absolute atomic E-state index is 13.8. The van der Waals surface area contributed by atoms with E-state index in [1.54, 1.807) is 12.2 Å². The lowest BCUT2D eigenvalue weighted by molar-refractivity contribution is -0.167. The van der Waals surface area contributed by atoms with Gasteiger partial charge in [0, 0.05) is 25.0 Å². The van der Waals surface area contributed by atoms with Crippen molar-refractivity contribution < 1.29 is 76.2 Å². The summed E-state index contributed by atoms with van der Waals surface area (Å²) in [6.45, 7) is 3.74. The summed E-state index contributed by atoms with van der Waals surface area (Å²) in [5, 5.41) is 33.8. The van der Waals surface area contributed by atoms with Crippen molar-refractivity contribution in [1.82, 2.24) is 9.55 Å². The molecule has 0 saturated carbocycles. The molecule has 2 aliphatic heterocycles. The van der Waals surface area contributed by atoms with Crippen molar-refractivity contribution in [2.75, 3.05) is 25.6 Å². The summed E-state index contributed by atoms with van der Waals surface area (Å²) in [6.07, 6.45) is 11.0. The number of hydrogen-bond donors (Lipinski definition) is 6. The number of carbonyl (C=O) groups is 3. The zero-order chi connectivity index (χ0) is 49.4. The molecule has 22 heteroatoms. The lowest BCUT2D eigenvalue weighted by Crippen LogP contribution is -2.49. The molecule has 2 bridgehead atoms. The van der Waals surface area contributed by atoms with Gasteiger partial charge in [-0.05, 0) is 50.2 Å². The summed E-state index contributed by atoms with van der Waals surface area (Å²) in [5.41, 5.74) is 4.82. The van der Waals surface area contributed by atoms with Gasteiger partial charge in [0.2, 0.25) is 0 Å². The molecule has 20 nitrogen and oxygen atoms in total. The van der Waals surface area contributed by atoms with E-state index in [1.165, 1.54) is 36.9 Å². The number of aromatic nitrogens is 2. The molecule has 0 radical (unpaired) electrons. The van der Waals surface area contributed by atoms with E-state index < -0.39 is 107 Å². The van der Waals surface area contributed by atoms with Gasteiger partial charge in [-0.1, -0.05) is 115 Å². The van der Waals surface area contributed by atoms with Crippen LogP contribution in [0.25, 0.3) is 0 Å². The summed E-state index contributed by atoms with van der Waals surface area (Å²) >= 11 is 0. The predicted molar refractivity (Wildman–Crippen MR) is 247 cm³/mol. The molecule has 1 aromatic rings. The number of phosphoric acid groups is 2. The van der Waals surface area contributed by atoms with Gasteiger partial charge in [0.05, 0.1) is 31.3 Å². The fourth-order valence-corrected chi connectivity index (χ4v) is 9.43. The number of cyclic esters (lactones) is 1. The predicted octanol–water partition coefficient (Wildman–Crippen LogP) is 6.30. The third-order valence-electron chi connectivity index (χ3n) is 11.5. The van der Waals surface area contributed by atoms with Gasteiger partial charge in [-0.25, -0.2) is 13.9 Å². The first-order valence-electron chi connectivity index (χ1n) is 23.4. The number of nitrogens with two attached hydrogens (primary N) is 1. The first kappa shape index (κ1) is 57.9. The molecule has 0 amide bonds. The summed E-state index contributed by atoms with van der Waals surface area (Å²) in [6, 6.07) is 1.28. The second-order valence-electron chi connectivity index (χ2n) is 17.2. The Bertz CT molecular complexity index is 1930. The number of esters is 2. The van der Waals surface area contributed by atoms with E-state index in [2.05, 4.69) is 23.1 Å². The number of hydrogen-bond acceptors (Lipinski definition) is 17. The van der Waals surface area contributed by atoms with Crippen molar-refractivity contribution in [3.63, 3.8) is 0 Å². The lowest BCUT2D eigenvalue weighted by Gasteiger charge is -2.36. The van der Waals surface area contributed by atoms with Crippen LogP contribution in [0.4, 0.5) is 5.82 Å². The molecule has 3 rings (SSSR count). The molecule has 7 N–H and O–H groups in total. The van der Waals surface area contributed by atoms with E-state index >= 15 is 0 Å². The van der Waals surface area contributed by atoms with Gasteiger partial charge >= 0.3 is 33.3 Å². The monoisotopic (exact) mass is 989 g/mol. The van der Waals surface area contributed by atoms with Crippen LogP contribution in [0.2, 0.25) is 0 Å². The molecule has 0 saturated heterocycles. The summed E-state index contributed by atoms with van der Waals surface area (Å²) in [7, 11) is -11.2. The Morgan fingerprint density at radius 2 is 1.64 bits per heavy atom. The first-order chi connectivity index (χ1) is 31.8. The Kier molecular flexibility index (Phi) is 26.2. The highest BCUT2D eigenvalue weighted by atomic mass is 31.3. The fourth-order valence-electron chi connectivity index (χ4n) is 7.32. The molecule has 3 heterocycles. The van der Waals surface area contributed by atoms with Gasteiger partial charge in [0.15, 0.2) is 11.9 Å². The number of nitrogens with zero attached hydrogens (tertiary/aromatic N) is 2. The number of unbranched alkanes of at least 4 members (excludes halogenated alkanes) is 7. The molecule has 0 fully saturated rings. The summed E-state index contributed by atoms with van der Waals surface area (Å²) in [5.74, 6) is -3.99. The maximum Gasteiger partial charge on any atom is 0.481 e. The van der Waals surface area contributed by atoms with Gasteiger partial charge in [-0.2, -0.15) is 9.29 Å². The Hall–Kier alpha value is -3.39. The molecule has 11 atom stereocenters. The van der Waals surface area contributed by atoms with E-state index in [1.807, 2.05) is 6.92 Å². The largest absolute Gasteiger partial charge is 0.481 e. The van der Waals surface area contributed by atoms with Crippen LogP contribution < -0.4 is 11.4 Å². The number of nitrogen functional groups attached to an aromatic ring is 1. The van der Waals surface area contributed by atoms with Crippen molar-refractivity contribution >= 4 is 39.2 Å². The minimum atomic E-state index is -5.67. The topological polar surface area (TPSA) is 303 Å². The van der Waals surface area contributed by atoms with Gasteiger partial charge in [0.25, 0.3) is 0 Å². The highest BCUT2D eigenvalue weighted by Crippen LogP contribution is 2.60. The Morgan fingerprint density at radius 1 is 0.955 bits per heavy atom. The van der Waals surface area contributed by atoms with Gasteiger partial charge in [-0.3, -0.25) is 28.0 Å². The van der Waals surface area contributed by atoms with Gasteiger partial charge in [-0.15, -0.1) is 0 Å². The number of ketones is 1. The smallest absolute Gasteiger partial charge is 0.462 e. The number of fused-ring (bicyclic) bond motifs is 3. The minimum absolute atomic E-state index is 0.00752. The third-order valence-corrected chi connectivity index (χ3v) is 14.1. The number of ether oxygens (including phenoxy) is 3. The molecular formula is C45H73N3O17P2. The number of allylic oxidation sites excluding steroid dienone is 3. The number of rotatable bonds is 18. The van der Waals surface area contributed by atoms with E-state index in [4.69, 9.17) is 29.0 Å². The molecule has 3 unspecified atom stereocenters. The Labute approximate surface area is 393 Å². The normalized spacial score (nSPS) is 30.7. The van der Waals surface area contributed by atoms with Crippen molar-refractivity contribution in [2.45, 2.75) is 167 Å².